The predicted molar refractivity (Wildman–Crippen MR) is 238 cm³/mol. The van der Waals surface area contributed by atoms with Crippen molar-refractivity contribution in [2.45, 2.75) is 213 Å². The van der Waals surface area contributed by atoms with Gasteiger partial charge in [-0.1, -0.05) is 190 Å². The van der Waals surface area contributed by atoms with Crippen molar-refractivity contribution in [1.82, 2.24) is 0 Å². The summed E-state index contributed by atoms with van der Waals surface area (Å²) in [7, 11) is 0. The standard InChI is InChI=1S/C50H84O6/c1-4-7-10-13-16-19-20-21-22-23-24-25-26-27-28-29-30-32-34-37-40-43-49(52)55-46-47(45-54-48(51)42-39-36-33-18-15-12-9-6-3)56-50(53)44-41-38-35-31-17-14-11-8-5-2/h7,10,16,19,21-22,24-25,27-28,30,32,47H,4-6,8-9,11-15,17-18,20,23,26,29,31,33-46H2,1-3H3/b10-7-,19-16-,22-21-,25-24-,28-27-,32-30-. The molecule has 0 aliphatic rings. The van der Waals surface area contributed by atoms with Crippen molar-refractivity contribution in [2.75, 3.05) is 13.2 Å². The van der Waals surface area contributed by atoms with Crippen molar-refractivity contribution in [1.29, 1.82) is 0 Å². The molecule has 56 heavy (non-hydrogen) atoms. The van der Waals surface area contributed by atoms with Crippen LogP contribution in [0.25, 0.3) is 0 Å². The molecule has 0 radical (unpaired) electrons. The quantitative estimate of drug-likeness (QED) is 0.0267. The van der Waals surface area contributed by atoms with Gasteiger partial charge in [-0.05, 0) is 70.6 Å². The SMILES string of the molecule is CC/C=C\C/C=C\C/C=C\C/C=C\C/C=C\C/C=C\CCCCC(=O)OCC(COC(=O)CCCCCCCCCC)OC(=O)CCCCCCCCCCC. The third-order valence-electron chi connectivity index (χ3n) is 9.48. The van der Waals surface area contributed by atoms with Gasteiger partial charge >= 0.3 is 17.9 Å². The molecule has 0 aromatic carbocycles. The van der Waals surface area contributed by atoms with E-state index in [2.05, 4.69) is 93.7 Å². The van der Waals surface area contributed by atoms with E-state index in [9.17, 15) is 14.4 Å². The highest BCUT2D eigenvalue weighted by atomic mass is 16.6. The Kier molecular flexibility index (Phi) is 42.1. The van der Waals surface area contributed by atoms with Crippen molar-refractivity contribution in [2.24, 2.45) is 0 Å². The Balaban J connectivity index is 4.34. The number of carbonyl (C=O) groups excluding carboxylic acids is 3. The van der Waals surface area contributed by atoms with Gasteiger partial charge in [0.05, 0.1) is 0 Å². The van der Waals surface area contributed by atoms with E-state index in [0.717, 1.165) is 96.3 Å². The molecule has 6 nitrogen and oxygen atoms in total. The fraction of sp³-hybridized carbons (Fsp3) is 0.700. The highest BCUT2D eigenvalue weighted by Crippen LogP contribution is 2.13. The average Bonchev–Trinajstić information content (AvgIpc) is 3.19. The highest BCUT2D eigenvalue weighted by molar-refractivity contribution is 5.71. The van der Waals surface area contributed by atoms with Crippen LogP contribution in [0.1, 0.15) is 207 Å². The lowest BCUT2D eigenvalue weighted by Crippen LogP contribution is -2.30. The van der Waals surface area contributed by atoms with Crippen LogP contribution < -0.4 is 0 Å². The zero-order chi connectivity index (χ0) is 40.8. The minimum atomic E-state index is -0.786. The average molecular weight is 781 g/mol. The summed E-state index contributed by atoms with van der Waals surface area (Å²) in [5, 5.41) is 0. The second-order valence-electron chi connectivity index (χ2n) is 14.9. The summed E-state index contributed by atoms with van der Waals surface area (Å²) < 4.78 is 16.6. The topological polar surface area (TPSA) is 78.9 Å². The molecule has 0 spiro atoms. The first-order valence-electron chi connectivity index (χ1n) is 22.9. The molecule has 0 N–H and O–H groups in total. The molecule has 0 saturated carbocycles. The monoisotopic (exact) mass is 781 g/mol. The molecule has 1 atom stereocenters. The molecule has 0 rings (SSSR count). The van der Waals surface area contributed by atoms with E-state index < -0.39 is 6.10 Å². The van der Waals surface area contributed by atoms with E-state index in [-0.39, 0.29) is 31.1 Å². The Morgan fingerprint density at radius 2 is 0.696 bits per heavy atom. The van der Waals surface area contributed by atoms with Crippen molar-refractivity contribution in [3.05, 3.63) is 72.9 Å². The van der Waals surface area contributed by atoms with E-state index in [4.69, 9.17) is 14.2 Å². The minimum Gasteiger partial charge on any atom is -0.462 e. The lowest BCUT2D eigenvalue weighted by molar-refractivity contribution is -0.167. The van der Waals surface area contributed by atoms with E-state index in [1.54, 1.807) is 0 Å². The highest BCUT2D eigenvalue weighted by Gasteiger charge is 2.19. The van der Waals surface area contributed by atoms with Gasteiger partial charge in [0.15, 0.2) is 6.10 Å². The molecule has 0 aliphatic carbocycles. The van der Waals surface area contributed by atoms with Crippen molar-refractivity contribution in [3.8, 4) is 0 Å². The molecule has 0 amide bonds. The minimum absolute atomic E-state index is 0.0880. The number of esters is 3. The summed E-state index contributed by atoms with van der Waals surface area (Å²) in [6, 6.07) is 0. The number of ether oxygens (including phenoxy) is 3. The Morgan fingerprint density at radius 3 is 1.09 bits per heavy atom. The van der Waals surface area contributed by atoms with Gasteiger partial charge in [0, 0.05) is 19.3 Å². The Labute approximate surface area is 344 Å². The van der Waals surface area contributed by atoms with Gasteiger partial charge in [-0.25, -0.2) is 0 Å². The van der Waals surface area contributed by atoms with Crippen LogP contribution >= 0.6 is 0 Å². The van der Waals surface area contributed by atoms with E-state index in [0.29, 0.717) is 19.3 Å². The van der Waals surface area contributed by atoms with E-state index >= 15 is 0 Å². The summed E-state index contributed by atoms with van der Waals surface area (Å²) >= 11 is 0. The first kappa shape index (κ1) is 52.9. The smallest absolute Gasteiger partial charge is 0.306 e. The first-order chi connectivity index (χ1) is 27.5. The summed E-state index contributed by atoms with van der Waals surface area (Å²) in [6.07, 6.45) is 54.7. The maximum atomic E-state index is 12.6. The molecule has 0 saturated heterocycles. The van der Waals surface area contributed by atoms with Crippen LogP contribution in [0, 0.1) is 0 Å². The van der Waals surface area contributed by atoms with Crippen LogP contribution in [0.5, 0.6) is 0 Å². The normalized spacial score (nSPS) is 12.7. The number of allylic oxidation sites excluding steroid dienone is 12. The van der Waals surface area contributed by atoms with Crippen LogP contribution in [0.3, 0.4) is 0 Å². The number of unbranched alkanes of at least 4 members (excludes halogenated alkanes) is 17. The van der Waals surface area contributed by atoms with Gasteiger partial charge in [-0.15, -0.1) is 0 Å². The van der Waals surface area contributed by atoms with Gasteiger partial charge in [-0.3, -0.25) is 14.4 Å². The Hall–Kier alpha value is -3.15. The Bertz CT molecular complexity index is 1080. The number of hydrogen-bond donors (Lipinski definition) is 0. The van der Waals surface area contributed by atoms with Crippen LogP contribution in [0.4, 0.5) is 0 Å². The van der Waals surface area contributed by atoms with Gasteiger partial charge in [0.1, 0.15) is 13.2 Å². The second kappa shape index (κ2) is 44.6. The van der Waals surface area contributed by atoms with Gasteiger partial charge in [-0.2, -0.15) is 0 Å². The van der Waals surface area contributed by atoms with Crippen molar-refractivity contribution < 1.29 is 28.6 Å². The molecule has 320 valence electrons. The van der Waals surface area contributed by atoms with Crippen LogP contribution in [-0.2, 0) is 28.6 Å². The molecule has 0 aromatic heterocycles. The largest absolute Gasteiger partial charge is 0.462 e. The third kappa shape index (κ3) is 42.0. The molecule has 0 fully saturated rings. The van der Waals surface area contributed by atoms with E-state index in [1.807, 2.05) is 0 Å². The van der Waals surface area contributed by atoms with Gasteiger partial charge < -0.3 is 14.2 Å². The third-order valence-corrected chi connectivity index (χ3v) is 9.48. The van der Waals surface area contributed by atoms with Crippen LogP contribution in [0.2, 0.25) is 0 Å². The Morgan fingerprint density at radius 1 is 0.375 bits per heavy atom. The van der Waals surface area contributed by atoms with Crippen LogP contribution in [-0.4, -0.2) is 37.2 Å². The lowest BCUT2D eigenvalue weighted by atomic mass is 10.1. The molecule has 0 heterocycles. The summed E-state index contributed by atoms with van der Waals surface area (Å²) in [4.78, 5) is 37.6. The maximum Gasteiger partial charge on any atom is 0.306 e. The predicted octanol–water partition coefficient (Wildman–Crippen LogP) is 14.7. The van der Waals surface area contributed by atoms with Gasteiger partial charge in [0.2, 0.25) is 0 Å². The number of rotatable bonds is 40. The molecule has 0 bridgehead atoms. The molecule has 0 aliphatic heterocycles. The fourth-order valence-electron chi connectivity index (χ4n) is 6.03. The second-order valence-corrected chi connectivity index (χ2v) is 14.9. The zero-order valence-corrected chi connectivity index (χ0v) is 36.4. The first-order valence-corrected chi connectivity index (χ1v) is 22.9. The fourth-order valence-corrected chi connectivity index (χ4v) is 6.03. The summed E-state index contributed by atoms with van der Waals surface area (Å²) in [5.41, 5.74) is 0. The molecule has 0 aromatic rings. The van der Waals surface area contributed by atoms with Gasteiger partial charge in [0.25, 0.3) is 0 Å². The lowest BCUT2D eigenvalue weighted by Gasteiger charge is -2.18. The van der Waals surface area contributed by atoms with Crippen molar-refractivity contribution >= 4 is 17.9 Å². The summed E-state index contributed by atoms with van der Waals surface area (Å²) in [5.74, 6) is -0.945. The van der Waals surface area contributed by atoms with Crippen molar-refractivity contribution in [3.63, 3.8) is 0 Å². The van der Waals surface area contributed by atoms with E-state index in [1.165, 1.54) is 70.6 Å². The summed E-state index contributed by atoms with van der Waals surface area (Å²) in [6.45, 7) is 6.41. The molecule has 6 heteroatoms. The molecular formula is C50H84O6. The maximum absolute atomic E-state index is 12.6. The number of hydrogen-bond acceptors (Lipinski definition) is 6. The van der Waals surface area contributed by atoms with Crippen LogP contribution in [0.15, 0.2) is 72.9 Å². The zero-order valence-electron chi connectivity index (χ0n) is 36.4. The molecule has 1 unspecified atom stereocenters. The molecular weight excluding hydrogens is 697 g/mol. The number of carbonyl (C=O) groups is 3.